The van der Waals surface area contributed by atoms with Crippen molar-refractivity contribution in [2.45, 2.75) is 45.8 Å². The molecule has 1 aliphatic heterocycles. The lowest BCUT2D eigenvalue weighted by Gasteiger charge is -2.18. The summed E-state index contributed by atoms with van der Waals surface area (Å²) in [7, 11) is 0. The molecule has 6 heteroatoms. The van der Waals surface area contributed by atoms with Crippen LogP contribution in [0.2, 0.25) is 0 Å². The van der Waals surface area contributed by atoms with Crippen LogP contribution in [0.25, 0.3) is 0 Å². The number of hydrogen-bond acceptors (Lipinski definition) is 4. The number of aryl methyl sites for hydroxylation is 1. The number of aliphatic imine (C=N–C) groups is 1. The molecule has 1 aromatic rings. The molecule has 1 heterocycles. The maximum Gasteiger partial charge on any atom is 0.242 e. The van der Waals surface area contributed by atoms with Crippen LogP contribution in [0.1, 0.15) is 39.7 Å². The SMILES string of the molecule is C/C=C\CC1SC(=Nc2ccc(F)cc2CC)N(C/C(=C/C)O/C=C\C)C1=O. The molecule has 0 bridgehead atoms. The topological polar surface area (TPSA) is 41.9 Å². The van der Waals surface area contributed by atoms with Crippen molar-refractivity contribution < 1.29 is 13.9 Å². The molecule has 0 radical (unpaired) electrons. The number of hydrogen-bond donors (Lipinski definition) is 0. The van der Waals surface area contributed by atoms with E-state index in [0.29, 0.717) is 36.0 Å². The Morgan fingerprint density at radius 3 is 2.75 bits per heavy atom. The summed E-state index contributed by atoms with van der Waals surface area (Å²) >= 11 is 1.44. The van der Waals surface area contributed by atoms with Crippen molar-refractivity contribution in [1.82, 2.24) is 4.90 Å². The second-order valence-electron chi connectivity index (χ2n) is 6.20. The van der Waals surface area contributed by atoms with Crippen LogP contribution in [-0.2, 0) is 16.0 Å². The molecule has 4 nitrogen and oxygen atoms in total. The van der Waals surface area contributed by atoms with Crippen molar-refractivity contribution in [3.8, 4) is 0 Å². The molecular formula is C22H27FN2O2S. The highest BCUT2D eigenvalue weighted by Gasteiger charge is 2.37. The Balaban J connectivity index is 2.38. The summed E-state index contributed by atoms with van der Waals surface area (Å²) in [6.07, 6.45) is 10.4. The third-order valence-electron chi connectivity index (χ3n) is 4.24. The molecule has 1 fully saturated rings. The standard InChI is InChI=1S/C22H27FN2O2S/c1-5-9-10-20-21(26)25(15-18(8-4)27-13-6-2)22(28-20)24-19-12-11-17(23)14-16(19)7-3/h5-6,8-9,11-14,20H,7,10,15H2,1-4H3/b9-5-,13-6-,18-8-,24-22?. The Morgan fingerprint density at radius 1 is 1.32 bits per heavy atom. The predicted molar refractivity (Wildman–Crippen MR) is 115 cm³/mol. The highest BCUT2D eigenvalue weighted by Crippen LogP contribution is 2.33. The van der Waals surface area contributed by atoms with Gasteiger partial charge in [0.1, 0.15) is 11.6 Å². The Hall–Kier alpha value is -2.34. The number of rotatable bonds is 8. The van der Waals surface area contributed by atoms with Crippen molar-refractivity contribution >= 4 is 28.5 Å². The summed E-state index contributed by atoms with van der Waals surface area (Å²) in [5.41, 5.74) is 1.50. The number of halogens is 1. The smallest absolute Gasteiger partial charge is 0.242 e. The Morgan fingerprint density at radius 2 is 2.11 bits per heavy atom. The van der Waals surface area contributed by atoms with E-state index in [9.17, 15) is 9.18 Å². The molecule has 0 aliphatic carbocycles. The summed E-state index contributed by atoms with van der Waals surface area (Å²) in [6, 6.07) is 4.56. The van der Waals surface area contributed by atoms with Gasteiger partial charge in [-0.05, 0) is 63.5 Å². The van der Waals surface area contributed by atoms with E-state index in [-0.39, 0.29) is 17.0 Å². The number of ether oxygens (including phenoxy) is 1. The molecule has 0 spiro atoms. The van der Waals surface area contributed by atoms with Crippen molar-refractivity contribution in [2.24, 2.45) is 4.99 Å². The zero-order chi connectivity index (χ0) is 20.5. The van der Waals surface area contributed by atoms with Gasteiger partial charge in [-0.3, -0.25) is 9.69 Å². The number of carbonyl (C=O) groups is 1. The molecule has 0 saturated carbocycles. The lowest BCUT2D eigenvalue weighted by molar-refractivity contribution is -0.126. The van der Waals surface area contributed by atoms with Gasteiger partial charge in [0.2, 0.25) is 5.91 Å². The van der Waals surface area contributed by atoms with E-state index >= 15 is 0 Å². The van der Waals surface area contributed by atoms with Crippen LogP contribution in [0.4, 0.5) is 10.1 Å². The van der Waals surface area contributed by atoms with Crippen LogP contribution in [0.3, 0.4) is 0 Å². The molecule has 1 amide bonds. The quantitative estimate of drug-likeness (QED) is 0.411. The molecule has 1 unspecified atom stereocenters. The van der Waals surface area contributed by atoms with Gasteiger partial charge in [-0.2, -0.15) is 0 Å². The highest BCUT2D eigenvalue weighted by molar-refractivity contribution is 8.15. The summed E-state index contributed by atoms with van der Waals surface area (Å²) in [5, 5.41) is 0.393. The monoisotopic (exact) mass is 402 g/mol. The molecule has 1 aromatic carbocycles. The molecule has 1 saturated heterocycles. The maximum absolute atomic E-state index is 13.6. The van der Waals surface area contributed by atoms with E-state index in [1.807, 2.05) is 45.9 Å². The lowest BCUT2D eigenvalue weighted by atomic mass is 10.1. The number of allylic oxidation sites excluding steroid dienone is 4. The largest absolute Gasteiger partial charge is 0.468 e. The summed E-state index contributed by atoms with van der Waals surface area (Å²) < 4.78 is 19.2. The van der Waals surface area contributed by atoms with Gasteiger partial charge in [-0.1, -0.05) is 36.9 Å². The Labute approximate surface area is 170 Å². The van der Waals surface area contributed by atoms with Gasteiger partial charge in [0.05, 0.1) is 23.7 Å². The first-order chi connectivity index (χ1) is 13.5. The van der Waals surface area contributed by atoms with Crippen LogP contribution in [0, 0.1) is 5.82 Å². The van der Waals surface area contributed by atoms with Gasteiger partial charge < -0.3 is 4.74 Å². The predicted octanol–water partition coefficient (Wildman–Crippen LogP) is 5.74. The van der Waals surface area contributed by atoms with E-state index in [0.717, 1.165) is 5.56 Å². The van der Waals surface area contributed by atoms with Gasteiger partial charge in [0.25, 0.3) is 0 Å². The average molecular weight is 403 g/mol. The van der Waals surface area contributed by atoms with Crippen LogP contribution >= 0.6 is 11.8 Å². The fraction of sp³-hybridized carbons (Fsp3) is 0.364. The van der Waals surface area contributed by atoms with Gasteiger partial charge in [0.15, 0.2) is 5.17 Å². The third kappa shape index (κ3) is 5.58. The van der Waals surface area contributed by atoms with Crippen molar-refractivity contribution in [1.29, 1.82) is 0 Å². The van der Waals surface area contributed by atoms with Crippen LogP contribution < -0.4 is 0 Å². The van der Waals surface area contributed by atoms with Crippen molar-refractivity contribution in [3.63, 3.8) is 0 Å². The summed E-state index contributed by atoms with van der Waals surface area (Å²) in [4.78, 5) is 19.3. The molecule has 1 aliphatic rings. The highest BCUT2D eigenvalue weighted by atomic mass is 32.2. The number of nitrogens with zero attached hydrogens (tertiary/aromatic N) is 2. The first-order valence-corrected chi connectivity index (χ1v) is 10.3. The first kappa shape index (κ1) is 22.0. The van der Waals surface area contributed by atoms with Gasteiger partial charge >= 0.3 is 0 Å². The molecule has 0 aromatic heterocycles. The first-order valence-electron chi connectivity index (χ1n) is 9.43. The number of amidine groups is 1. The molecule has 28 heavy (non-hydrogen) atoms. The zero-order valence-corrected chi connectivity index (χ0v) is 17.6. The number of carbonyl (C=O) groups excluding carboxylic acids is 1. The summed E-state index contributed by atoms with van der Waals surface area (Å²) in [5.74, 6) is 0.390. The minimum Gasteiger partial charge on any atom is -0.468 e. The van der Waals surface area contributed by atoms with E-state index in [4.69, 9.17) is 9.73 Å². The molecule has 2 rings (SSSR count). The zero-order valence-electron chi connectivity index (χ0n) is 16.8. The number of thioether (sulfide) groups is 1. The van der Waals surface area contributed by atoms with Crippen molar-refractivity contribution in [3.05, 3.63) is 65.9 Å². The van der Waals surface area contributed by atoms with Gasteiger partial charge in [-0.25, -0.2) is 9.38 Å². The van der Waals surface area contributed by atoms with Crippen LogP contribution in [-0.4, -0.2) is 27.8 Å². The normalized spacial score (nSPS) is 19.5. The average Bonchev–Trinajstić information content (AvgIpc) is 2.99. The van der Waals surface area contributed by atoms with E-state index < -0.39 is 0 Å². The summed E-state index contributed by atoms with van der Waals surface area (Å²) in [6.45, 7) is 7.94. The van der Waals surface area contributed by atoms with Crippen LogP contribution in [0.15, 0.2) is 59.5 Å². The van der Waals surface area contributed by atoms with Gasteiger partial charge in [0, 0.05) is 0 Å². The lowest BCUT2D eigenvalue weighted by Crippen LogP contribution is -2.34. The minimum absolute atomic E-state index is 0.00504. The third-order valence-corrected chi connectivity index (χ3v) is 5.44. The fourth-order valence-corrected chi connectivity index (χ4v) is 3.83. The Bertz CT molecular complexity index is 815. The van der Waals surface area contributed by atoms with Gasteiger partial charge in [-0.15, -0.1) is 0 Å². The van der Waals surface area contributed by atoms with E-state index in [1.54, 1.807) is 23.3 Å². The van der Waals surface area contributed by atoms with E-state index in [2.05, 4.69) is 0 Å². The maximum atomic E-state index is 13.6. The van der Waals surface area contributed by atoms with Crippen molar-refractivity contribution in [2.75, 3.05) is 6.54 Å². The number of amides is 1. The molecular weight excluding hydrogens is 375 g/mol. The molecule has 1 atom stereocenters. The number of benzene rings is 1. The fourth-order valence-electron chi connectivity index (χ4n) is 2.71. The Kier molecular flexibility index (Phi) is 8.51. The second kappa shape index (κ2) is 10.9. The second-order valence-corrected chi connectivity index (χ2v) is 7.37. The molecule has 150 valence electrons. The minimum atomic E-state index is -0.283. The van der Waals surface area contributed by atoms with E-state index in [1.165, 1.54) is 23.9 Å². The molecule has 0 N–H and O–H groups in total. The van der Waals surface area contributed by atoms with Crippen LogP contribution in [0.5, 0.6) is 0 Å².